The molecular weight excluding hydrogens is 306 g/mol. The quantitative estimate of drug-likeness (QED) is 0.360. The van der Waals surface area contributed by atoms with Crippen molar-refractivity contribution in [2.45, 2.75) is 11.8 Å². The Morgan fingerprint density at radius 3 is 2.56 bits per heavy atom. The first-order chi connectivity index (χ1) is 8.53. The van der Waals surface area contributed by atoms with Crippen molar-refractivity contribution in [1.29, 1.82) is 0 Å². The average molecular weight is 318 g/mol. The van der Waals surface area contributed by atoms with Crippen LogP contribution in [0.15, 0.2) is 12.1 Å². The number of hydrogen-bond donors (Lipinski definition) is 0. The second kappa shape index (κ2) is 6.34. The van der Waals surface area contributed by atoms with E-state index in [1.54, 1.807) is 6.07 Å². The lowest BCUT2D eigenvalue weighted by Crippen LogP contribution is -2.08. The van der Waals surface area contributed by atoms with Crippen LogP contribution in [-0.4, -0.2) is 25.1 Å². The highest BCUT2D eigenvalue weighted by atomic mass is 79.9. The van der Waals surface area contributed by atoms with Crippen LogP contribution in [0.4, 0.5) is 5.69 Å². The van der Waals surface area contributed by atoms with E-state index >= 15 is 0 Å². The molecule has 0 unspecified atom stereocenters. The Labute approximate surface area is 112 Å². The van der Waals surface area contributed by atoms with E-state index in [0.717, 1.165) is 0 Å². The molecule has 0 N–H and O–H groups in total. The Morgan fingerprint density at radius 2 is 2.11 bits per heavy atom. The fourth-order valence-electron chi connectivity index (χ4n) is 1.54. The number of nitro groups is 1. The van der Waals surface area contributed by atoms with Crippen LogP contribution in [0.3, 0.4) is 0 Å². The fourth-order valence-corrected chi connectivity index (χ4v) is 1.87. The number of ether oxygens (including phenoxy) is 2. The van der Waals surface area contributed by atoms with Gasteiger partial charge in [-0.2, -0.15) is 0 Å². The summed E-state index contributed by atoms with van der Waals surface area (Å²) < 4.78 is 9.57. The summed E-state index contributed by atoms with van der Waals surface area (Å²) in [6.07, 6.45) is -0.0681. The van der Waals surface area contributed by atoms with Gasteiger partial charge in [-0.05, 0) is 5.56 Å². The minimum Gasteiger partial charge on any atom is -0.490 e. The molecule has 0 saturated heterocycles. The molecule has 18 heavy (non-hydrogen) atoms. The number of carbonyl (C=O) groups is 1. The van der Waals surface area contributed by atoms with E-state index in [2.05, 4.69) is 20.7 Å². The first-order valence-electron chi connectivity index (χ1n) is 5.00. The molecule has 0 saturated carbocycles. The third-order valence-electron chi connectivity index (χ3n) is 2.32. The van der Waals surface area contributed by atoms with Crippen LogP contribution in [-0.2, 0) is 21.3 Å². The highest BCUT2D eigenvalue weighted by Gasteiger charge is 2.22. The molecule has 6 nitrogen and oxygen atoms in total. The molecule has 1 aromatic rings. The van der Waals surface area contributed by atoms with Crippen molar-refractivity contribution >= 4 is 27.6 Å². The minimum absolute atomic E-state index is 0.0681. The Hall–Kier alpha value is -1.63. The van der Waals surface area contributed by atoms with E-state index in [4.69, 9.17) is 4.74 Å². The van der Waals surface area contributed by atoms with Gasteiger partial charge >= 0.3 is 11.7 Å². The maximum absolute atomic E-state index is 11.3. The molecule has 0 bridgehead atoms. The second-order valence-corrected chi connectivity index (χ2v) is 4.01. The van der Waals surface area contributed by atoms with E-state index in [9.17, 15) is 14.9 Å². The van der Waals surface area contributed by atoms with Gasteiger partial charge in [0.05, 0.1) is 25.6 Å². The van der Waals surface area contributed by atoms with Gasteiger partial charge in [0.25, 0.3) is 0 Å². The maximum atomic E-state index is 11.3. The summed E-state index contributed by atoms with van der Waals surface area (Å²) in [5.41, 5.74) is 0.975. The molecule has 0 radical (unpaired) electrons. The largest absolute Gasteiger partial charge is 0.490 e. The molecule has 0 aliphatic heterocycles. The van der Waals surface area contributed by atoms with E-state index in [1.165, 1.54) is 20.3 Å². The SMILES string of the molecule is COC(=O)Cc1cc(CBr)cc([N+](=O)[O-])c1OC. The normalized spacial score (nSPS) is 9.94. The summed E-state index contributed by atoms with van der Waals surface area (Å²) in [7, 11) is 2.59. The number of benzene rings is 1. The first kappa shape index (κ1) is 14.4. The molecule has 1 rings (SSSR count). The number of alkyl halides is 1. The van der Waals surface area contributed by atoms with Gasteiger partial charge in [0.1, 0.15) is 0 Å². The standard InChI is InChI=1S/C11H12BrNO5/c1-17-10(14)5-8-3-7(6-12)4-9(13(15)16)11(8)18-2/h3-4H,5-6H2,1-2H3. The van der Waals surface area contributed by atoms with E-state index in [-0.39, 0.29) is 17.9 Å². The van der Waals surface area contributed by atoms with Crippen molar-refractivity contribution in [3.8, 4) is 5.75 Å². The van der Waals surface area contributed by atoms with Crippen LogP contribution in [0.5, 0.6) is 5.75 Å². The molecule has 0 spiro atoms. The van der Waals surface area contributed by atoms with Gasteiger partial charge in [-0.3, -0.25) is 14.9 Å². The fraction of sp³-hybridized carbons (Fsp3) is 0.364. The molecule has 0 heterocycles. The summed E-state index contributed by atoms with van der Waals surface area (Å²) in [6.45, 7) is 0. The lowest BCUT2D eigenvalue weighted by molar-refractivity contribution is -0.385. The van der Waals surface area contributed by atoms with Gasteiger partial charge in [-0.15, -0.1) is 0 Å². The third kappa shape index (κ3) is 3.19. The minimum atomic E-state index is -0.536. The molecule has 0 atom stereocenters. The summed E-state index contributed by atoms with van der Waals surface area (Å²) in [5, 5.41) is 11.4. The van der Waals surface area contributed by atoms with Crippen LogP contribution < -0.4 is 4.74 Å². The van der Waals surface area contributed by atoms with Crippen LogP contribution >= 0.6 is 15.9 Å². The predicted octanol–water partition coefficient (Wildman–Crippen LogP) is 2.21. The monoisotopic (exact) mass is 317 g/mol. The highest BCUT2D eigenvalue weighted by Crippen LogP contribution is 2.33. The lowest BCUT2D eigenvalue weighted by Gasteiger charge is -2.10. The zero-order chi connectivity index (χ0) is 13.7. The zero-order valence-corrected chi connectivity index (χ0v) is 11.5. The van der Waals surface area contributed by atoms with Crippen LogP contribution in [0, 0.1) is 10.1 Å². The van der Waals surface area contributed by atoms with Gasteiger partial charge in [0, 0.05) is 17.0 Å². The molecule has 1 aromatic carbocycles. The number of nitro benzene ring substituents is 1. The molecule has 0 amide bonds. The van der Waals surface area contributed by atoms with Gasteiger partial charge in [-0.25, -0.2) is 0 Å². The van der Waals surface area contributed by atoms with Crippen LogP contribution in [0.1, 0.15) is 11.1 Å². The van der Waals surface area contributed by atoms with Crippen molar-refractivity contribution in [2.75, 3.05) is 14.2 Å². The smallest absolute Gasteiger partial charge is 0.311 e. The van der Waals surface area contributed by atoms with E-state index < -0.39 is 10.9 Å². The predicted molar refractivity (Wildman–Crippen MR) is 68.0 cm³/mol. The van der Waals surface area contributed by atoms with Gasteiger partial charge < -0.3 is 9.47 Å². The van der Waals surface area contributed by atoms with Gasteiger partial charge in [0.2, 0.25) is 5.75 Å². The number of rotatable bonds is 5. The number of methoxy groups -OCH3 is 2. The zero-order valence-electron chi connectivity index (χ0n) is 9.94. The topological polar surface area (TPSA) is 78.7 Å². The van der Waals surface area contributed by atoms with Crippen LogP contribution in [0.2, 0.25) is 0 Å². The molecule has 0 fully saturated rings. The number of halogens is 1. The number of nitrogens with zero attached hydrogens (tertiary/aromatic N) is 1. The second-order valence-electron chi connectivity index (χ2n) is 3.45. The summed E-state index contributed by atoms with van der Waals surface area (Å²) in [4.78, 5) is 21.7. The van der Waals surface area contributed by atoms with Gasteiger partial charge in [-0.1, -0.05) is 22.0 Å². The average Bonchev–Trinajstić information content (AvgIpc) is 2.37. The van der Waals surface area contributed by atoms with E-state index in [1.807, 2.05) is 0 Å². The third-order valence-corrected chi connectivity index (χ3v) is 2.97. The summed E-state index contributed by atoms with van der Waals surface area (Å²) in [6, 6.07) is 3.09. The molecule has 7 heteroatoms. The Kier molecular flexibility index (Phi) is 5.08. The number of carbonyl (C=O) groups excluding carboxylic acids is 1. The maximum Gasteiger partial charge on any atom is 0.311 e. The van der Waals surface area contributed by atoms with Crippen molar-refractivity contribution < 1.29 is 19.2 Å². The Morgan fingerprint density at radius 1 is 1.44 bits per heavy atom. The Bertz CT molecular complexity index is 475. The molecule has 0 aliphatic carbocycles. The van der Waals surface area contributed by atoms with Crippen molar-refractivity contribution in [3.05, 3.63) is 33.4 Å². The number of esters is 1. The molecule has 0 aromatic heterocycles. The lowest BCUT2D eigenvalue weighted by atomic mass is 10.1. The Balaban J connectivity index is 3.32. The summed E-state index contributed by atoms with van der Waals surface area (Å²) >= 11 is 3.23. The van der Waals surface area contributed by atoms with Crippen molar-refractivity contribution in [3.63, 3.8) is 0 Å². The van der Waals surface area contributed by atoms with E-state index in [0.29, 0.717) is 16.5 Å². The summed E-state index contributed by atoms with van der Waals surface area (Å²) in [5.74, 6) is -0.385. The highest BCUT2D eigenvalue weighted by molar-refractivity contribution is 9.08. The molecule has 98 valence electrons. The molecular formula is C11H12BrNO5. The number of hydrogen-bond acceptors (Lipinski definition) is 5. The van der Waals surface area contributed by atoms with Gasteiger partial charge in [0.15, 0.2) is 0 Å². The van der Waals surface area contributed by atoms with Crippen molar-refractivity contribution in [1.82, 2.24) is 0 Å². The molecule has 0 aliphatic rings. The van der Waals surface area contributed by atoms with Crippen LogP contribution in [0.25, 0.3) is 0 Å². The van der Waals surface area contributed by atoms with Crippen molar-refractivity contribution in [2.24, 2.45) is 0 Å². The first-order valence-corrected chi connectivity index (χ1v) is 6.12.